The Morgan fingerprint density at radius 2 is 2.06 bits per heavy atom. The lowest BCUT2D eigenvalue weighted by Crippen LogP contribution is -1.93. The summed E-state index contributed by atoms with van der Waals surface area (Å²) in [5.41, 5.74) is 1.18. The smallest absolute Gasteiger partial charge is 0.0949 e. The number of hydrogen-bond acceptors (Lipinski definition) is 2. The number of aryl methyl sites for hydroxylation is 1. The molecule has 0 N–H and O–H groups in total. The molecular formula is C13H12BrClS2. The lowest BCUT2D eigenvalue weighted by atomic mass is 10.1. The molecule has 0 saturated heterocycles. The van der Waals surface area contributed by atoms with Crippen LogP contribution in [0, 0.1) is 6.92 Å². The largest absolute Gasteiger partial charge is 0.143 e. The van der Waals surface area contributed by atoms with Crippen LogP contribution in [0.4, 0.5) is 0 Å². The van der Waals surface area contributed by atoms with Gasteiger partial charge in [-0.1, -0.05) is 18.2 Å². The summed E-state index contributed by atoms with van der Waals surface area (Å²) in [4.78, 5) is 3.70. The third kappa shape index (κ3) is 2.90. The number of halogens is 2. The molecule has 1 heterocycles. The first-order valence-corrected chi connectivity index (χ1v) is 8.43. The molecule has 0 aliphatic rings. The van der Waals surface area contributed by atoms with Crippen molar-refractivity contribution in [2.24, 2.45) is 0 Å². The number of rotatable bonds is 3. The van der Waals surface area contributed by atoms with Crippen LogP contribution in [0.1, 0.15) is 20.7 Å². The Balaban J connectivity index is 2.43. The Morgan fingerprint density at radius 1 is 1.35 bits per heavy atom. The Kier molecular flexibility index (Phi) is 4.59. The van der Waals surface area contributed by atoms with Crippen LogP contribution in [0.5, 0.6) is 0 Å². The number of thiophene rings is 1. The van der Waals surface area contributed by atoms with Crippen molar-refractivity contribution in [3.63, 3.8) is 0 Å². The molecule has 0 bridgehead atoms. The van der Waals surface area contributed by atoms with Crippen LogP contribution in [0.2, 0.25) is 0 Å². The van der Waals surface area contributed by atoms with Gasteiger partial charge in [0.25, 0.3) is 0 Å². The quantitative estimate of drug-likeness (QED) is 0.494. The van der Waals surface area contributed by atoms with E-state index in [2.05, 4.69) is 47.3 Å². The Labute approximate surface area is 124 Å². The third-order valence-electron chi connectivity index (χ3n) is 2.48. The van der Waals surface area contributed by atoms with Crippen LogP contribution in [0.15, 0.2) is 39.7 Å². The molecule has 1 aromatic carbocycles. The highest BCUT2D eigenvalue weighted by Gasteiger charge is 2.18. The standard InChI is InChI=1S/C13H12BrClS2/c1-8-7-10(14)13(17-8)12(15)9-5-3-4-6-11(9)16-2/h3-7,12H,1-2H3. The van der Waals surface area contributed by atoms with Gasteiger partial charge in [-0.15, -0.1) is 34.7 Å². The van der Waals surface area contributed by atoms with E-state index in [0.717, 1.165) is 4.47 Å². The van der Waals surface area contributed by atoms with Crippen molar-refractivity contribution < 1.29 is 0 Å². The molecule has 4 heteroatoms. The van der Waals surface area contributed by atoms with Gasteiger partial charge >= 0.3 is 0 Å². The molecule has 0 radical (unpaired) electrons. The first-order valence-electron chi connectivity index (χ1n) is 5.16. The van der Waals surface area contributed by atoms with Gasteiger partial charge in [-0.3, -0.25) is 0 Å². The summed E-state index contributed by atoms with van der Waals surface area (Å²) in [5, 5.41) is -0.0771. The maximum atomic E-state index is 6.60. The van der Waals surface area contributed by atoms with Crippen LogP contribution >= 0.6 is 50.6 Å². The van der Waals surface area contributed by atoms with Gasteiger partial charge in [-0.2, -0.15) is 0 Å². The number of benzene rings is 1. The first kappa shape index (κ1) is 13.5. The Hall–Kier alpha value is 0.0400. The summed E-state index contributed by atoms with van der Waals surface area (Å²) in [6, 6.07) is 10.4. The van der Waals surface area contributed by atoms with Gasteiger partial charge in [0, 0.05) is 19.1 Å². The van der Waals surface area contributed by atoms with E-state index in [1.54, 1.807) is 23.1 Å². The van der Waals surface area contributed by atoms with Crippen LogP contribution in [0.3, 0.4) is 0 Å². The maximum Gasteiger partial charge on any atom is 0.0949 e. The molecule has 0 aliphatic heterocycles. The summed E-state index contributed by atoms with van der Waals surface area (Å²) >= 11 is 13.7. The average molecular weight is 348 g/mol. The fourth-order valence-corrected chi connectivity index (χ4v) is 4.84. The Bertz CT molecular complexity index is 522. The molecule has 17 heavy (non-hydrogen) atoms. The van der Waals surface area contributed by atoms with Gasteiger partial charge in [0.15, 0.2) is 0 Å². The summed E-state index contributed by atoms with van der Waals surface area (Å²) in [6.45, 7) is 2.10. The predicted octanol–water partition coefficient (Wildman–Crippen LogP) is 5.87. The van der Waals surface area contributed by atoms with E-state index in [1.807, 2.05) is 12.1 Å². The second kappa shape index (κ2) is 5.79. The van der Waals surface area contributed by atoms with Crippen molar-refractivity contribution in [2.45, 2.75) is 17.2 Å². The summed E-state index contributed by atoms with van der Waals surface area (Å²) in [5.74, 6) is 0. The fraction of sp³-hybridized carbons (Fsp3) is 0.231. The van der Waals surface area contributed by atoms with E-state index in [4.69, 9.17) is 11.6 Å². The van der Waals surface area contributed by atoms with Gasteiger partial charge in [0.2, 0.25) is 0 Å². The zero-order chi connectivity index (χ0) is 12.4. The average Bonchev–Trinajstić information content (AvgIpc) is 2.67. The topological polar surface area (TPSA) is 0 Å². The van der Waals surface area contributed by atoms with Crippen molar-refractivity contribution in [3.8, 4) is 0 Å². The molecule has 0 nitrogen and oxygen atoms in total. The number of alkyl halides is 1. The van der Waals surface area contributed by atoms with Crippen molar-refractivity contribution in [1.29, 1.82) is 0 Å². The SMILES string of the molecule is CSc1ccccc1C(Cl)c1sc(C)cc1Br. The molecule has 2 rings (SSSR count). The highest BCUT2D eigenvalue weighted by Crippen LogP contribution is 2.41. The predicted molar refractivity (Wildman–Crippen MR) is 82.7 cm³/mol. The lowest BCUT2D eigenvalue weighted by Gasteiger charge is -2.12. The van der Waals surface area contributed by atoms with E-state index < -0.39 is 0 Å². The molecular weight excluding hydrogens is 336 g/mol. The number of thioether (sulfide) groups is 1. The zero-order valence-corrected chi connectivity index (χ0v) is 13.5. The number of hydrogen-bond donors (Lipinski definition) is 0. The molecule has 0 amide bonds. The highest BCUT2D eigenvalue weighted by molar-refractivity contribution is 9.10. The molecule has 0 fully saturated rings. The van der Waals surface area contributed by atoms with Crippen LogP contribution in [-0.2, 0) is 0 Å². The maximum absolute atomic E-state index is 6.60. The van der Waals surface area contributed by atoms with Gasteiger partial charge in [-0.25, -0.2) is 0 Å². The minimum Gasteiger partial charge on any atom is -0.143 e. The Morgan fingerprint density at radius 3 is 2.65 bits per heavy atom. The minimum absolute atomic E-state index is 0.0771. The summed E-state index contributed by atoms with van der Waals surface area (Å²) in [7, 11) is 0. The highest BCUT2D eigenvalue weighted by atomic mass is 79.9. The molecule has 1 atom stereocenters. The summed E-state index contributed by atoms with van der Waals surface area (Å²) < 4.78 is 1.11. The van der Waals surface area contributed by atoms with E-state index >= 15 is 0 Å². The van der Waals surface area contributed by atoms with Crippen LogP contribution < -0.4 is 0 Å². The molecule has 0 aliphatic carbocycles. The molecule has 0 saturated carbocycles. The third-order valence-corrected chi connectivity index (χ3v) is 5.91. The first-order chi connectivity index (χ1) is 8.13. The molecule has 2 aromatic rings. The van der Waals surface area contributed by atoms with Crippen molar-refractivity contribution in [3.05, 3.63) is 50.1 Å². The molecule has 0 spiro atoms. The van der Waals surface area contributed by atoms with E-state index in [-0.39, 0.29) is 5.38 Å². The molecule has 1 unspecified atom stereocenters. The zero-order valence-electron chi connectivity index (χ0n) is 9.54. The normalized spacial score (nSPS) is 12.7. The minimum atomic E-state index is -0.0771. The van der Waals surface area contributed by atoms with Gasteiger partial charge in [0.05, 0.1) is 5.38 Å². The second-order valence-corrected chi connectivity index (χ2v) is 7.10. The second-order valence-electron chi connectivity index (χ2n) is 3.67. The lowest BCUT2D eigenvalue weighted by molar-refractivity contribution is 1.11. The van der Waals surface area contributed by atoms with Crippen LogP contribution in [-0.4, -0.2) is 6.26 Å². The van der Waals surface area contributed by atoms with Crippen LogP contribution in [0.25, 0.3) is 0 Å². The van der Waals surface area contributed by atoms with Gasteiger partial charge in [-0.05, 0) is 46.8 Å². The fourth-order valence-electron chi connectivity index (χ4n) is 1.69. The van der Waals surface area contributed by atoms with E-state index in [9.17, 15) is 0 Å². The van der Waals surface area contributed by atoms with E-state index in [1.165, 1.54) is 20.2 Å². The van der Waals surface area contributed by atoms with Crippen molar-refractivity contribution >= 4 is 50.6 Å². The van der Waals surface area contributed by atoms with Crippen molar-refractivity contribution in [1.82, 2.24) is 0 Å². The van der Waals surface area contributed by atoms with Gasteiger partial charge < -0.3 is 0 Å². The molecule has 1 aromatic heterocycles. The molecule has 90 valence electrons. The van der Waals surface area contributed by atoms with Gasteiger partial charge in [0.1, 0.15) is 0 Å². The summed E-state index contributed by atoms with van der Waals surface area (Å²) in [6.07, 6.45) is 2.08. The van der Waals surface area contributed by atoms with E-state index in [0.29, 0.717) is 0 Å². The monoisotopic (exact) mass is 346 g/mol. The van der Waals surface area contributed by atoms with Crippen molar-refractivity contribution in [2.75, 3.05) is 6.26 Å².